The van der Waals surface area contributed by atoms with E-state index >= 15 is 0 Å². The SMILES string of the molecule is Nc1cc(Br)cnc1Sc1ccccc1. The molecule has 0 radical (unpaired) electrons. The molecule has 0 atom stereocenters. The Bertz CT molecular complexity index is 459. The number of benzene rings is 1. The highest BCUT2D eigenvalue weighted by Crippen LogP contribution is 2.30. The van der Waals surface area contributed by atoms with Gasteiger partial charge in [0.25, 0.3) is 0 Å². The molecule has 0 amide bonds. The van der Waals surface area contributed by atoms with Crippen molar-refractivity contribution in [2.24, 2.45) is 0 Å². The molecule has 1 aromatic heterocycles. The molecule has 15 heavy (non-hydrogen) atoms. The molecule has 0 spiro atoms. The summed E-state index contributed by atoms with van der Waals surface area (Å²) in [5.41, 5.74) is 6.55. The summed E-state index contributed by atoms with van der Waals surface area (Å²) in [6.45, 7) is 0. The highest BCUT2D eigenvalue weighted by molar-refractivity contribution is 9.10. The lowest BCUT2D eigenvalue weighted by Gasteiger charge is -2.04. The molecule has 4 heteroatoms. The first-order chi connectivity index (χ1) is 7.25. The first-order valence-corrected chi connectivity index (χ1v) is 6.00. The van der Waals surface area contributed by atoms with Crippen LogP contribution in [0.25, 0.3) is 0 Å². The van der Waals surface area contributed by atoms with Crippen molar-refractivity contribution < 1.29 is 0 Å². The summed E-state index contributed by atoms with van der Waals surface area (Å²) in [4.78, 5) is 5.40. The van der Waals surface area contributed by atoms with Crippen molar-refractivity contribution in [3.63, 3.8) is 0 Å². The van der Waals surface area contributed by atoms with E-state index in [1.54, 1.807) is 18.0 Å². The summed E-state index contributed by atoms with van der Waals surface area (Å²) < 4.78 is 0.900. The highest BCUT2D eigenvalue weighted by Gasteiger charge is 2.03. The van der Waals surface area contributed by atoms with Gasteiger partial charge >= 0.3 is 0 Å². The fourth-order valence-corrected chi connectivity index (χ4v) is 2.28. The minimum absolute atomic E-state index is 0.693. The van der Waals surface area contributed by atoms with Gasteiger partial charge in [-0.25, -0.2) is 4.98 Å². The quantitative estimate of drug-likeness (QED) is 0.914. The average molecular weight is 281 g/mol. The first-order valence-electron chi connectivity index (χ1n) is 4.39. The fraction of sp³-hybridized carbons (Fsp3) is 0. The smallest absolute Gasteiger partial charge is 0.124 e. The van der Waals surface area contributed by atoms with Crippen LogP contribution in [0.4, 0.5) is 5.69 Å². The van der Waals surface area contributed by atoms with Crippen LogP contribution in [-0.4, -0.2) is 4.98 Å². The van der Waals surface area contributed by atoms with Gasteiger partial charge in [0.15, 0.2) is 0 Å². The van der Waals surface area contributed by atoms with Gasteiger partial charge in [-0.1, -0.05) is 30.0 Å². The summed E-state index contributed by atoms with van der Waals surface area (Å²) in [5, 5.41) is 0.837. The van der Waals surface area contributed by atoms with Gasteiger partial charge in [-0.15, -0.1) is 0 Å². The highest BCUT2D eigenvalue weighted by atomic mass is 79.9. The number of hydrogen-bond donors (Lipinski definition) is 1. The van der Waals surface area contributed by atoms with Gasteiger partial charge in [0.2, 0.25) is 0 Å². The van der Waals surface area contributed by atoms with Crippen LogP contribution >= 0.6 is 27.7 Å². The molecule has 2 rings (SSSR count). The number of nitrogens with zero attached hydrogens (tertiary/aromatic N) is 1. The van der Waals surface area contributed by atoms with Gasteiger partial charge in [-0.3, -0.25) is 0 Å². The Morgan fingerprint density at radius 1 is 1.20 bits per heavy atom. The van der Waals surface area contributed by atoms with Crippen molar-refractivity contribution in [3.05, 3.63) is 47.1 Å². The molecule has 1 aromatic carbocycles. The molecule has 2 nitrogen and oxygen atoms in total. The maximum absolute atomic E-state index is 5.86. The van der Waals surface area contributed by atoms with E-state index in [-0.39, 0.29) is 0 Å². The maximum Gasteiger partial charge on any atom is 0.124 e. The molecule has 2 aromatic rings. The van der Waals surface area contributed by atoms with Crippen LogP contribution in [0.3, 0.4) is 0 Å². The monoisotopic (exact) mass is 280 g/mol. The number of aromatic nitrogens is 1. The largest absolute Gasteiger partial charge is 0.397 e. The van der Waals surface area contributed by atoms with Gasteiger partial charge in [0, 0.05) is 15.6 Å². The van der Waals surface area contributed by atoms with Crippen molar-refractivity contribution >= 4 is 33.4 Å². The number of rotatable bonds is 2. The number of nitrogens with two attached hydrogens (primary N) is 1. The lowest BCUT2D eigenvalue weighted by molar-refractivity contribution is 1.13. The van der Waals surface area contributed by atoms with Gasteiger partial charge in [0.1, 0.15) is 5.03 Å². The summed E-state index contributed by atoms with van der Waals surface area (Å²) in [6.07, 6.45) is 1.75. The molecule has 1 heterocycles. The lowest BCUT2D eigenvalue weighted by Crippen LogP contribution is -1.91. The van der Waals surface area contributed by atoms with Crippen molar-refractivity contribution in [1.29, 1.82) is 0 Å². The standard InChI is InChI=1S/C11H9BrN2S/c12-8-6-10(13)11(14-7-8)15-9-4-2-1-3-5-9/h1-7H,13H2. The number of hydrogen-bond acceptors (Lipinski definition) is 3. The molecule has 2 N–H and O–H groups in total. The second-order valence-corrected chi connectivity index (χ2v) is 4.94. The molecule has 0 saturated carbocycles. The second-order valence-electron chi connectivity index (χ2n) is 2.96. The van der Waals surface area contributed by atoms with Crippen LogP contribution in [-0.2, 0) is 0 Å². The topological polar surface area (TPSA) is 38.9 Å². The van der Waals surface area contributed by atoms with Crippen LogP contribution < -0.4 is 5.73 Å². The van der Waals surface area contributed by atoms with E-state index in [0.717, 1.165) is 14.4 Å². The third kappa shape index (κ3) is 2.73. The molecule has 0 aliphatic rings. The Morgan fingerprint density at radius 3 is 2.60 bits per heavy atom. The Labute approximate surface area is 101 Å². The van der Waals surface area contributed by atoms with Crippen molar-refractivity contribution in [1.82, 2.24) is 4.98 Å². The molecule has 0 aliphatic heterocycles. The zero-order valence-electron chi connectivity index (χ0n) is 7.85. The first kappa shape index (κ1) is 10.5. The molecule has 76 valence electrons. The van der Waals surface area contributed by atoms with E-state index in [2.05, 4.69) is 20.9 Å². The van der Waals surface area contributed by atoms with Gasteiger partial charge < -0.3 is 5.73 Å². The zero-order valence-corrected chi connectivity index (χ0v) is 10.3. The van der Waals surface area contributed by atoms with Crippen LogP contribution in [0, 0.1) is 0 Å². The third-order valence-corrected chi connectivity index (χ3v) is 3.28. The number of halogens is 1. The average Bonchev–Trinajstić information content (AvgIpc) is 2.24. The third-order valence-electron chi connectivity index (χ3n) is 1.80. The molecule has 0 aliphatic carbocycles. The van der Waals surface area contributed by atoms with Crippen LogP contribution in [0.1, 0.15) is 0 Å². The normalized spacial score (nSPS) is 10.2. The van der Waals surface area contributed by atoms with Gasteiger partial charge in [0.05, 0.1) is 5.69 Å². The van der Waals surface area contributed by atoms with Crippen LogP contribution in [0.5, 0.6) is 0 Å². The second kappa shape index (κ2) is 4.68. The van der Waals surface area contributed by atoms with E-state index in [9.17, 15) is 0 Å². The molecule has 0 bridgehead atoms. The molecule has 0 unspecified atom stereocenters. The van der Waals surface area contributed by atoms with Crippen molar-refractivity contribution in [2.45, 2.75) is 9.92 Å². The van der Waals surface area contributed by atoms with E-state index < -0.39 is 0 Å². The lowest BCUT2D eigenvalue weighted by atomic mass is 10.4. The van der Waals surface area contributed by atoms with E-state index in [0.29, 0.717) is 5.69 Å². The van der Waals surface area contributed by atoms with E-state index in [1.807, 2.05) is 36.4 Å². The summed E-state index contributed by atoms with van der Waals surface area (Å²) >= 11 is 4.90. The van der Waals surface area contributed by atoms with Gasteiger partial charge in [-0.05, 0) is 34.1 Å². The zero-order chi connectivity index (χ0) is 10.7. The molecular formula is C11H9BrN2S. The summed E-state index contributed by atoms with van der Waals surface area (Å²) in [7, 11) is 0. The number of anilines is 1. The fourth-order valence-electron chi connectivity index (χ4n) is 1.13. The predicted molar refractivity (Wildman–Crippen MR) is 66.9 cm³/mol. The minimum atomic E-state index is 0.693. The Kier molecular flexibility index (Phi) is 3.28. The van der Waals surface area contributed by atoms with Crippen molar-refractivity contribution in [2.75, 3.05) is 5.73 Å². The molecular weight excluding hydrogens is 272 g/mol. The number of nitrogen functional groups attached to an aromatic ring is 1. The minimum Gasteiger partial charge on any atom is -0.397 e. The van der Waals surface area contributed by atoms with Gasteiger partial charge in [-0.2, -0.15) is 0 Å². The molecule has 0 saturated heterocycles. The number of pyridine rings is 1. The summed E-state index contributed by atoms with van der Waals surface area (Å²) in [5.74, 6) is 0. The van der Waals surface area contributed by atoms with E-state index in [4.69, 9.17) is 5.73 Å². The Balaban J connectivity index is 2.25. The van der Waals surface area contributed by atoms with E-state index in [1.165, 1.54) is 0 Å². The van der Waals surface area contributed by atoms with Crippen LogP contribution in [0.2, 0.25) is 0 Å². The maximum atomic E-state index is 5.86. The summed E-state index contributed by atoms with van der Waals surface area (Å²) in [6, 6.07) is 11.9. The van der Waals surface area contributed by atoms with Crippen LogP contribution in [0.15, 0.2) is 57.0 Å². The molecule has 0 fully saturated rings. The Hall–Kier alpha value is -1.00. The predicted octanol–water partition coefficient (Wildman–Crippen LogP) is 3.58. The van der Waals surface area contributed by atoms with Crippen molar-refractivity contribution in [3.8, 4) is 0 Å². The Morgan fingerprint density at radius 2 is 1.93 bits per heavy atom.